The smallest absolute Gasteiger partial charge is 0.478 e. The third kappa shape index (κ3) is 7.03. The van der Waals surface area contributed by atoms with Crippen LogP contribution in [0.25, 0.3) is 22.0 Å². The third-order valence-corrected chi connectivity index (χ3v) is 6.64. The third-order valence-electron chi connectivity index (χ3n) is 4.36. The minimum atomic E-state index is -5.08. The molecule has 2 aromatic heterocycles. The van der Waals surface area contributed by atoms with Gasteiger partial charge >= 0.3 is 12.1 Å². The molecule has 0 amide bonds. The van der Waals surface area contributed by atoms with Crippen molar-refractivity contribution in [1.82, 2.24) is 14.3 Å². The Balaban J connectivity index is 0.000000479. The second-order valence-corrected chi connectivity index (χ2v) is 9.68. The van der Waals surface area contributed by atoms with Gasteiger partial charge in [0.1, 0.15) is 18.1 Å². The van der Waals surface area contributed by atoms with Gasteiger partial charge in [-0.15, -0.1) is 0 Å². The molecule has 2 N–H and O–H groups in total. The Morgan fingerprint density at radius 1 is 1.19 bits per heavy atom. The molecule has 2 aromatic carbocycles. The number of nitrogens with zero attached hydrogens (tertiary/aromatic N) is 4. The maximum Gasteiger partial charge on any atom is 0.490 e. The molecule has 0 fully saturated rings. The molecular weight excluding hydrogens is 559 g/mol. The first kappa shape index (κ1) is 27.6. The quantitative estimate of drug-likeness (QED) is 0.333. The highest BCUT2D eigenvalue weighted by Crippen LogP contribution is 2.36. The van der Waals surface area contributed by atoms with Gasteiger partial charge in [0, 0.05) is 33.7 Å². The second-order valence-electron chi connectivity index (χ2n) is 6.78. The number of nitrogens with one attached hydrogen (secondary N) is 1. The summed E-state index contributed by atoms with van der Waals surface area (Å²) in [7, 11) is -3.82. The zero-order valence-corrected chi connectivity index (χ0v) is 20.5. The van der Waals surface area contributed by atoms with Crippen LogP contribution in [0.1, 0.15) is 0 Å². The number of fused-ring (bicyclic) bond motifs is 1. The van der Waals surface area contributed by atoms with Crippen molar-refractivity contribution in [3.8, 4) is 23.1 Å². The van der Waals surface area contributed by atoms with Crippen LogP contribution in [-0.2, 0) is 14.8 Å². The Hall–Kier alpha value is -4.00. The molecule has 4 aromatic rings. The number of carbonyl (C=O) groups is 1. The van der Waals surface area contributed by atoms with Gasteiger partial charge in [-0.05, 0) is 41.8 Å². The van der Waals surface area contributed by atoms with Crippen LogP contribution in [0.15, 0.2) is 59.9 Å². The fourth-order valence-corrected chi connectivity index (χ4v) is 4.71. The predicted octanol–water partition coefficient (Wildman–Crippen LogP) is 4.74. The van der Waals surface area contributed by atoms with Crippen LogP contribution >= 0.6 is 23.1 Å². The topological polar surface area (TPSA) is 155 Å². The number of pyridine rings is 1. The summed E-state index contributed by atoms with van der Waals surface area (Å²) in [6.45, 7) is -0.141. The van der Waals surface area contributed by atoms with E-state index >= 15 is 0 Å². The van der Waals surface area contributed by atoms with E-state index in [2.05, 4.69) is 19.1 Å². The number of sulfonamides is 1. The molecule has 0 bridgehead atoms. The molecule has 0 atom stereocenters. The number of halogens is 4. The lowest BCUT2D eigenvalue weighted by Crippen LogP contribution is -2.21. The number of hydrogen-bond donors (Lipinski definition) is 2. The summed E-state index contributed by atoms with van der Waals surface area (Å²) in [5.41, 5.74) is 1.22. The van der Waals surface area contributed by atoms with Gasteiger partial charge in [0.15, 0.2) is 6.61 Å². The standard InChI is InChI=1S/C19H12ClN5O3S2.C2HF3O2/c20-13-1-3-16(17(10-13)28-8-6-21)18-15-4-2-14(9-12(15)5-7-22-18)30(26,27)25-19-23-11-24-29-19;3-2(4,5)1(6)7/h1-5,7,9-11H,8H2,(H,23,24,25);(H,6,7). The Morgan fingerprint density at radius 3 is 2.54 bits per heavy atom. The van der Waals surface area contributed by atoms with Gasteiger partial charge in [0.2, 0.25) is 5.13 Å². The summed E-state index contributed by atoms with van der Waals surface area (Å²) in [4.78, 5) is 17.3. The first-order chi connectivity index (χ1) is 17.4. The molecule has 2 heterocycles. The predicted molar refractivity (Wildman–Crippen MR) is 128 cm³/mol. The highest BCUT2D eigenvalue weighted by Gasteiger charge is 2.38. The highest BCUT2D eigenvalue weighted by atomic mass is 35.5. The zero-order valence-electron chi connectivity index (χ0n) is 18.1. The molecule has 37 heavy (non-hydrogen) atoms. The molecule has 0 aliphatic carbocycles. The van der Waals surface area contributed by atoms with Crippen LogP contribution < -0.4 is 9.46 Å². The monoisotopic (exact) mass is 571 g/mol. The number of carboxylic acids is 1. The molecule has 0 aliphatic rings. The van der Waals surface area contributed by atoms with Crippen LogP contribution in [0.5, 0.6) is 5.75 Å². The SMILES string of the molecule is N#CCOc1cc(Cl)ccc1-c1nccc2cc(S(=O)(=O)Nc3ncns3)ccc12.O=C(O)C(F)(F)F. The Bertz CT molecular complexity index is 1580. The molecule has 0 aliphatic heterocycles. The number of carboxylic acid groups (broad SMARTS) is 1. The van der Waals surface area contributed by atoms with E-state index in [1.54, 1.807) is 42.6 Å². The maximum atomic E-state index is 12.7. The fraction of sp³-hybridized carbons (Fsp3) is 0.0952. The van der Waals surface area contributed by atoms with Crippen molar-refractivity contribution in [2.24, 2.45) is 0 Å². The number of hydrogen-bond acceptors (Lipinski definition) is 9. The molecule has 0 spiro atoms. The number of aliphatic carboxylic acids is 1. The van der Waals surface area contributed by atoms with E-state index in [1.807, 2.05) is 6.07 Å². The summed E-state index contributed by atoms with van der Waals surface area (Å²) >= 11 is 7.01. The lowest BCUT2D eigenvalue weighted by molar-refractivity contribution is -0.192. The number of anilines is 1. The molecular formula is C21H13ClF3N5O5S2. The number of benzene rings is 2. The van der Waals surface area contributed by atoms with Crippen LogP contribution in [0, 0.1) is 11.3 Å². The van der Waals surface area contributed by atoms with Crippen molar-refractivity contribution in [1.29, 1.82) is 5.26 Å². The molecule has 10 nitrogen and oxygen atoms in total. The van der Waals surface area contributed by atoms with Gasteiger partial charge in [-0.3, -0.25) is 9.71 Å². The lowest BCUT2D eigenvalue weighted by Gasteiger charge is -2.12. The largest absolute Gasteiger partial charge is 0.490 e. The molecule has 0 saturated carbocycles. The zero-order chi connectivity index (χ0) is 27.2. The number of nitriles is 1. The van der Waals surface area contributed by atoms with Gasteiger partial charge < -0.3 is 9.84 Å². The molecule has 192 valence electrons. The number of aromatic nitrogens is 3. The highest BCUT2D eigenvalue weighted by molar-refractivity contribution is 7.93. The van der Waals surface area contributed by atoms with Gasteiger partial charge in [-0.1, -0.05) is 17.7 Å². The number of rotatable bonds is 6. The Morgan fingerprint density at radius 2 is 1.92 bits per heavy atom. The summed E-state index contributed by atoms with van der Waals surface area (Å²) < 4.78 is 68.7. The van der Waals surface area contributed by atoms with E-state index in [4.69, 9.17) is 31.5 Å². The number of ether oxygens (including phenoxy) is 1. The molecule has 0 saturated heterocycles. The lowest BCUT2D eigenvalue weighted by atomic mass is 10.0. The first-order valence-corrected chi connectivity index (χ1v) is 12.3. The fourth-order valence-electron chi connectivity index (χ4n) is 2.85. The minimum absolute atomic E-state index is 0.0828. The summed E-state index contributed by atoms with van der Waals surface area (Å²) in [5.74, 6) is -2.34. The van der Waals surface area contributed by atoms with E-state index in [0.29, 0.717) is 27.4 Å². The Kier molecular flexibility index (Phi) is 8.48. The van der Waals surface area contributed by atoms with Crippen molar-refractivity contribution >= 4 is 55.0 Å². The minimum Gasteiger partial charge on any atom is -0.478 e. The van der Waals surface area contributed by atoms with E-state index in [9.17, 15) is 21.6 Å². The van der Waals surface area contributed by atoms with Gasteiger partial charge in [0.25, 0.3) is 10.0 Å². The van der Waals surface area contributed by atoms with Crippen LogP contribution in [0.3, 0.4) is 0 Å². The van der Waals surface area contributed by atoms with Gasteiger partial charge in [-0.25, -0.2) is 18.2 Å². The average molecular weight is 572 g/mol. The molecule has 16 heteroatoms. The van der Waals surface area contributed by atoms with Crippen LogP contribution in [0.4, 0.5) is 18.3 Å². The maximum absolute atomic E-state index is 12.7. The van der Waals surface area contributed by atoms with E-state index in [-0.39, 0.29) is 16.6 Å². The van der Waals surface area contributed by atoms with Gasteiger partial charge in [0.05, 0.1) is 10.6 Å². The van der Waals surface area contributed by atoms with Crippen molar-refractivity contribution < 1.29 is 36.2 Å². The van der Waals surface area contributed by atoms with E-state index < -0.39 is 22.2 Å². The summed E-state index contributed by atoms with van der Waals surface area (Å²) in [6, 6.07) is 13.4. The normalized spacial score (nSPS) is 11.2. The van der Waals surface area contributed by atoms with Crippen molar-refractivity contribution in [2.75, 3.05) is 11.3 Å². The molecule has 0 unspecified atom stereocenters. The summed E-state index contributed by atoms with van der Waals surface area (Å²) in [6.07, 6.45) is -2.23. The van der Waals surface area contributed by atoms with Crippen LogP contribution in [0.2, 0.25) is 5.02 Å². The Labute approximate surface area is 216 Å². The van der Waals surface area contributed by atoms with Crippen molar-refractivity contribution in [3.05, 3.63) is 60.0 Å². The van der Waals surface area contributed by atoms with Gasteiger partial charge in [-0.2, -0.15) is 22.8 Å². The van der Waals surface area contributed by atoms with E-state index in [0.717, 1.165) is 16.9 Å². The van der Waals surface area contributed by atoms with Crippen molar-refractivity contribution in [2.45, 2.75) is 11.1 Å². The number of alkyl halides is 3. The molecule has 0 radical (unpaired) electrons. The second kappa shape index (κ2) is 11.4. The van der Waals surface area contributed by atoms with Crippen molar-refractivity contribution in [3.63, 3.8) is 0 Å². The molecule has 4 rings (SSSR count). The van der Waals surface area contributed by atoms with Crippen LogP contribution in [-0.4, -0.2) is 46.6 Å². The van der Waals surface area contributed by atoms with E-state index in [1.165, 1.54) is 12.4 Å². The first-order valence-electron chi connectivity index (χ1n) is 9.70. The summed E-state index contributed by atoms with van der Waals surface area (Å²) in [5, 5.41) is 18.0. The average Bonchev–Trinajstić information content (AvgIpc) is 3.34.